The molecule has 1 aromatic carbocycles. The van der Waals surface area contributed by atoms with Crippen LogP contribution in [0.25, 0.3) is 0 Å². The number of aromatic nitrogens is 2. The maximum Gasteiger partial charge on any atom is 0.317 e. The number of urea groups is 1. The third-order valence-electron chi connectivity index (χ3n) is 5.80. The Kier molecular flexibility index (Phi) is 7.92. The smallest absolute Gasteiger partial charge is 0.317 e. The molecule has 3 amide bonds. The molecular formula is C23H33N5O3. The van der Waals surface area contributed by atoms with Gasteiger partial charge < -0.3 is 24.4 Å². The molecule has 31 heavy (non-hydrogen) atoms. The van der Waals surface area contributed by atoms with Crippen molar-refractivity contribution in [1.29, 1.82) is 0 Å². The maximum absolute atomic E-state index is 12.9. The van der Waals surface area contributed by atoms with Gasteiger partial charge in [-0.1, -0.05) is 13.0 Å². The maximum atomic E-state index is 12.9. The fourth-order valence-electron chi connectivity index (χ4n) is 3.96. The monoisotopic (exact) mass is 427 g/mol. The Hall–Kier alpha value is -3.03. The van der Waals surface area contributed by atoms with Crippen LogP contribution in [0, 0.1) is 6.92 Å². The first-order chi connectivity index (χ1) is 15.0. The molecule has 8 nitrogen and oxygen atoms in total. The molecule has 0 atom stereocenters. The van der Waals surface area contributed by atoms with E-state index in [2.05, 4.69) is 14.9 Å². The van der Waals surface area contributed by atoms with Crippen molar-refractivity contribution < 1.29 is 14.3 Å². The first-order valence-corrected chi connectivity index (χ1v) is 11.0. The third-order valence-corrected chi connectivity index (χ3v) is 5.80. The van der Waals surface area contributed by atoms with Gasteiger partial charge in [0, 0.05) is 56.7 Å². The van der Waals surface area contributed by atoms with Crippen molar-refractivity contribution in [3.63, 3.8) is 0 Å². The highest BCUT2D eigenvalue weighted by atomic mass is 16.5. The molecule has 0 bridgehead atoms. The Labute approximate surface area is 184 Å². The Morgan fingerprint density at radius 1 is 1.29 bits per heavy atom. The first kappa shape index (κ1) is 22.7. The van der Waals surface area contributed by atoms with Crippen molar-refractivity contribution >= 4 is 11.9 Å². The van der Waals surface area contributed by atoms with Crippen LogP contribution in [0.1, 0.15) is 42.4 Å². The van der Waals surface area contributed by atoms with Gasteiger partial charge in [0.2, 0.25) is 0 Å². The number of carbonyl (C=O) groups excluding carboxylic acids is 2. The number of benzene rings is 1. The minimum Gasteiger partial charge on any atom is -0.497 e. The number of likely N-dealkylation sites (tertiary alicyclic amines) is 1. The van der Waals surface area contributed by atoms with Crippen molar-refractivity contribution in [2.75, 3.05) is 33.3 Å². The van der Waals surface area contributed by atoms with Crippen molar-refractivity contribution in [2.45, 2.75) is 45.7 Å². The molecule has 2 aromatic rings. The summed E-state index contributed by atoms with van der Waals surface area (Å²) in [6.07, 6.45) is 6.14. The number of piperidine rings is 1. The number of ether oxygens (including phenoxy) is 1. The predicted molar refractivity (Wildman–Crippen MR) is 119 cm³/mol. The summed E-state index contributed by atoms with van der Waals surface area (Å²) < 4.78 is 7.29. The molecule has 3 rings (SSSR count). The Morgan fingerprint density at radius 3 is 2.71 bits per heavy atom. The van der Waals surface area contributed by atoms with E-state index < -0.39 is 0 Å². The van der Waals surface area contributed by atoms with E-state index in [0.29, 0.717) is 44.0 Å². The molecule has 1 N–H and O–H groups in total. The van der Waals surface area contributed by atoms with E-state index in [1.807, 2.05) is 48.0 Å². The molecule has 168 valence electrons. The molecule has 0 unspecified atom stereocenters. The summed E-state index contributed by atoms with van der Waals surface area (Å²) in [5, 5.41) is 3.01. The SMILES string of the molecule is CCCNC(=O)N(CCn1ccnc1C)C1CCN(C(=O)c2cccc(OC)c2)CC1. The van der Waals surface area contributed by atoms with E-state index in [9.17, 15) is 9.59 Å². The minimum atomic E-state index is -0.0304. The molecule has 1 aliphatic heterocycles. The summed E-state index contributed by atoms with van der Waals surface area (Å²) in [6.45, 7) is 7.24. The van der Waals surface area contributed by atoms with E-state index >= 15 is 0 Å². The lowest BCUT2D eigenvalue weighted by molar-refractivity contribution is 0.0649. The highest BCUT2D eigenvalue weighted by Gasteiger charge is 2.30. The molecule has 0 saturated carbocycles. The summed E-state index contributed by atoms with van der Waals surface area (Å²) in [6, 6.07) is 7.32. The average Bonchev–Trinajstić information content (AvgIpc) is 3.22. The van der Waals surface area contributed by atoms with Crippen LogP contribution in [0.15, 0.2) is 36.7 Å². The zero-order valence-corrected chi connectivity index (χ0v) is 18.7. The van der Waals surface area contributed by atoms with Crippen LogP contribution >= 0.6 is 0 Å². The van der Waals surface area contributed by atoms with E-state index in [1.165, 1.54) is 0 Å². The fourth-order valence-corrected chi connectivity index (χ4v) is 3.96. The standard InChI is InChI=1S/C23H33N5O3/c1-4-10-25-23(30)28(16-15-26-14-11-24-18(26)2)20-8-12-27(13-9-20)22(29)19-6-5-7-21(17-19)31-3/h5-7,11,14,17,20H,4,8-10,12-13,15-16H2,1-3H3,(H,25,30). The van der Waals surface area contributed by atoms with Gasteiger partial charge in [0.15, 0.2) is 0 Å². The van der Waals surface area contributed by atoms with Crippen molar-refractivity contribution in [2.24, 2.45) is 0 Å². The first-order valence-electron chi connectivity index (χ1n) is 11.0. The van der Waals surface area contributed by atoms with Crippen LogP contribution in [0.2, 0.25) is 0 Å². The van der Waals surface area contributed by atoms with Gasteiger partial charge in [-0.15, -0.1) is 0 Å². The van der Waals surface area contributed by atoms with E-state index in [1.54, 1.807) is 19.4 Å². The topological polar surface area (TPSA) is 79.7 Å². The highest BCUT2D eigenvalue weighted by Crippen LogP contribution is 2.21. The molecule has 1 fully saturated rings. The minimum absolute atomic E-state index is 0.00775. The van der Waals surface area contributed by atoms with Crippen LogP contribution in [0.5, 0.6) is 5.75 Å². The predicted octanol–water partition coefficient (Wildman–Crippen LogP) is 2.93. The van der Waals surface area contributed by atoms with Crippen molar-refractivity contribution in [1.82, 2.24) is 24.7 Å². The summed E-state index contributed by atoms with van der Waals surface area (Å²) >= 11 is 0. The summed E-state index contributed by atoms with van der Waals surface area (Å²) in [5.41, 5.74) is 0.630. The number of hydrogen-bond acceptors (Lipinski definition) is 4. The number of methoxy groups -OCH3 is 1. The van der Waals surface area contributed by atoms with Crippen LogP contribution in [-0.2, 0) is 6.54 Å². The zero-order valence-electron chi connectivity index (χ0n) is 18.7. The lowest BCUT2D eigenvalue weighted by Crippen LogP contribution is -2.52. The molecule has 1 saturated heterocycles. The number of hydrogen-bond donors (Lipinski definition) is 1. The molecule has 0 spiro atoms. The number of aryl methyl sites for hydroxylation is 1. The molecule has 2 heterocycles. The number of nitrogens with one attached hydrogen (secondary N) is 1. The summed E-state index contributed by atoms with van der Waals surface area (Å²) in [4.78, 5) is 33.8. The number of amides is 3. The van der Waals surface area contributed by atoms with Crippen LogP contribution < -0.4 is 10.1 Å². The van der Waals surface area contributed by atoms with Crippen LogP contribution in [-0.4, -0.2) is 70.6 Å². The lowest BCUT2D eigenvalue weighted by atomic mass is 10.0. The van der Waals surface area contributed by atoms with Gasteiger partial charge in [0.05, 0.1) is 7.11 Å². The number of imidazole rings is 1. The second-order valence-corrected chi connectivity index (χ2v) is 7.85. The van der Waals surface area contributed by atoms with Gasteiger partial charge in [0.1, 0.15) is 11.6 Å². The van der Waals surface area contributed by atoms with E-state index in [-0.39, 0.29) is 18.0 Å². The van der Waals surface area contributed by atoms with E-state index in [4.69, 9.17) is 4.74 Å². The van der Waals surface area contributed by atoms with Gasteiger partial charge >= 0.3 is 6.03 Å². The third kappa shape index (κ3) is 5.77. The Morgan fingerprint density at radius 2 is 2.06 bits per heavy atom. The van der Waals surface area contributed by atoms with Gasteiger partial charge in [-0.05, 0) is 44.4 Å². The largest absolute Gasteiger partial charge is 0.497 e. The Balaban J connectivity index is 1.62. The Bertz CT molecular complexity index is 874. The molecule has 8 heteroatoms. The zero-order chi connectivity index (χ0) is 22.2. The normalized spacial score (nSPS) is 14.4. The summed E-state index contributed by atoms with van der Waals surface area (Å²) in [7, 11) is 1.60. The number of carbonyl (C=O) groups is 2. The molecule has 1 aliphatic rings. The second kappa shape index (κ2) is 10.8. The van der Waals surface area contributed by atoms with Crippen LogP contribution in [0.3, 0.4) is 0 Å². The summed E-state index contributed by atoms with van der Waals surface area (Å²) in [5.74, 6) is 1.62. The quantitative estimate of drug-likeness (QED) is 0.703. The fraction of sp³-hybridized carbons (Fsp3) is 0.522. The molecule has 0 radical (unpaired) electrons. The van der Waals surface area contributed by atoms with Crippen molar-refractivity contribution in [3.8, 4) is 5.75 Å². The van der Waals surface area contributed by atoms with Gasteiger partial charge in [0.25, 0.3) is 5.91 Å². The molecule has 1 aromatic heterocycles. The van der Waals surface area contributed by atoms with Gasteiger partial charge in [-0.2, -0.15) is 0 Å². The van der Waals surface area contributed by atoms with Crippen LogP contribution in [0.4, 0.5) is 4.79 Å². The van der Waals surface area contributed by atoms with Crippen molar-refractivity contribution in [3.05, 3.63) is 48.0 Å². The average molecular weight is 428 g/mol. The lowest BCUT2D eigenvalue weighted by Gasteiger charge is -2.38. The van der Waals surface area contributed by atoms with Gasteiger partial charge in [-0.25, -0.2) is 9.78 Å². The number of nitrogens with zero attached hydrogens (tertiary/aromatic N) is 4. The van der Waals surface area contributed by atoms with Gasteiger partial charge in [-0.3, -0.25) is 4.79 Å². The molecule has 0 aliphatic carbocycles. The highest BCUT2D eigenvalue weighted by molar-refractivity contribution is 5.94. The second-order valence-electron chi connectivity index (χ2n) is 7.85. The van der Waals surface area contributed by atoms with E-state index in [0.717, 1.165) is 25.1 Å². The molecular weight excluding hydrogens is 394 g/mol. The number of rotatable bonds is 8.